The number of benzene rings is 2. The summed E-state index contributed by atoms with van der Waals surface area (Å²) in [6, 6.07) is 14.0. The molecular weight excluding hydrogens is 362 g/mol. The van der Waals surface area contributed by atoms with Crippen molar-refractivity contribution in [1.29, 1.82) is 0 Å². The molecule has 0 radical (unpaired) electrons. The Bertz CT molecular complexity index is 878. The van der Waals surface area contributed by atoms with Gasteiger partial charge in [-0.05, 0) is 56.9 Å². The number of nitrogens with one attached hydrogen (secondary N) is 1. The Kier molecular flexibility index (Phi) is 5.66. The second-order valence-electron chi connectivity index (χ2n) is 9.70. The smallest absolute Gasteiger partial charge is 0.261 e. The first-order valence-electron chi connectivity index (χ1n) is 10.3. The van der Waals surface area contributed by atoms with Gasteiger partial charge in [-0.2, -0.15) is 0 Å². The van der Waals surface area contributed by atoms with Crippen molar-refractivity contribution in [3.63, 3.8) is 0 Å². The molecule has 2 atom stereocenters. The molecule has 2 aromatic carbocycles. The molecule has 1 heterocycles. The molecule has 4 heteroatoms. The number of hydrogen-bond donors (Lipinski definition) is 1. The van der Waals surface area contributed by atoms with E-state index in [9.17, 15) is 4.79 Å². The van der Waals surface area contributed by atoms with Crippen LogP contribution in [-0.2, 0) is 10.2 Å². The van der Waals surface area contributed by atoms with Crippen LogP contribution in [0.2, 0.25) is 0 Å². The number of fused-ring (bicyclic) bond motifs is 1. The van der Waals surface area contributed by atoms with Gasteiger partial charge in [-0.1, -0.05) is 50.6 Å². The summed E-state index contributed by atoms with van der Waals surface area (Å²) in [7, 11) is 0. The molecule has 0 bridgehead atoms. The van der Waals surface area contributed by atoms with Gasteiger partial charge < -0.3 is 14.8 Å². The minimum atomic E-state index is -0.588. The van der Waals surface area contributed by atoms with Gasteiger partial charge in [0.25, 0.3) is 5.91 Å². The zero-order chi connectivity index (χ0) is 21.4. The Morgan fingerprint density at radius 1 is 1.17 bits per heavy atom. The van der Waals surface area contributed by atoms with Crippen LogP contribution in [0.5, 0.6) is 11.5 Å². The van der Waals surface area contributed by atoms with Gasteiger partial charge in [0.1, 0.15) is 17.1 Å². The Morgan fingerprint density at radius 2 is 1.83 bits per heavy atom. The monoisotopic (exact) mass is 395 g/mol. The third-order valence-electron chi connectivity index (χ3n) is 5.34. The average Bonchev–Trinajstić information content (AvgIpc) is 2.61. The van der Waals surface area contributed by atoms with Gasteiger partial charge >= 0.3 is 0 Å². The molecule has 0 unspecified atom stereocenters. The summed E-state index contributed by atoms with van der Waals surface area (Å²) in [6.45, 7) is 14.5. The first-order valence-corrected chi connectivity index (χ1v) is 10.3. The fraction of sp³-hybridized carbons (Fsp3) is 0.480. The number of hydrogen-bond acceptors (Lipinski definition) is 3. The van der Waals surface area contributed by atoms with Crippen LogP contribution in [0.3, 0.4) is 0 Å². The molecule has 0 aliphatic carbocycles. The second kappa shape index (κ2) is 7.74. The summed E-state index contributed by atoms with van der Waals surface area (Å²) in [5.41, 5.74) is 3.16. The predicted molar refractivity (Wildman–Crippen MR) is 117 cm³/mol. The highest BCUT2D eigenvalue weighted by molar-refractivity contribution is 5.81. The van der Waals surface area contributed by atoms with Crippen molar-refractivity contribution in [2.24, 2.45) is 0 Å². The van der Waals surface area contributed by atoms with E-state index < -0.39 is 6.10 Å². The first-order chi connectivity index (χ1) is 13.4. The van der Waals surface area contributed by atoms with Crippen molar-refractivity contribution in [2.45, 2.75) is 78.0 Å². The Labute approximate surface area is 174 Å². The summed E-state index contributed by atoms with van der Waals surface area (Å²) in [5, 5.41) is 3.17. The molecule has 0 aromatic heterocycles. The number of rotatable bonds is 4. The molecule has 1 aliphatic heterocycles. The van der Waals surface area contributed by atoms with E-state index in [0.717, 1.165) is 16.9 Å². The van der Waals surface area contributed by atoms with Crippen molar-refractivity contribution in [2.75, 3.05) is 0 Å². The maximum Gasteiger partial charge on any atom is 0.261 e. The van der Waals surface area contributed by atoms with E-state index in [-0.39, 0.29) is 23.0 Å². The van der Waals surface area contributed by atoms with Gasteiger partial charge in [0.2, 0.25) is 0 Å². The SMILES string of the molecule is Cc1ccc2c(c1)[C@H](NC(=O)[C@@H](C)Oc1ccc(C(C)(C)C)cc1)CC(C)(C)O2. The van der Waals surface area contributed by atoms with E-state index in [4.69, 9.17) is 9.47 Å². The van der Waals surface area contributed by atoms with Crippen LogP contribution < -0.4 is 14.8 Å². The number of amides is 1. The van der Waals surface area contributed by atoms with Crippen molar-refractivity contribution in [3.8, 4) is 11.5 Å². The Balaban J connectivity index is 1.70. The number of carbonyl (C=O) groups is 1. The van der Waals surface area contributed by atoms with Gasteiger partial charge in [0.15, 0.2) is 6.10 Å². The van der Waals surface area contributed by atoms with Crippen LogP contribution >= 0.6 is 0 Å². The van der Waals surface area contributed by atoms with Crippen molar-refractivity contribution < 1.29 is 14.3 Å². The lowest BCUT2D eigenvalue weighted by Gasteiger charge is -2.38. The molecule has 1 N–H and O–H groups in total. The molecule has 1 amide bonds. The van der Waals surface area contributed by atoms with E-state index in [2.05, 4.69) is 44.3 Å². The fourth-order valence-electron chi connectivity index (χ4n) is 3.68. The van der Waals surface area contributed by atoms with Crippen LogP contribution in [0.15, 0.2) is 42.5 Å². The highest BCUT2D eigenvalue weighted by Gasteiger charge is 2.35. The lowest BCUT2D eigenvalue weighted by Crippen LogP contribution is -2.44. The molecular formula is C25H33NO3. The molecule has 4 nitrogen and oxygen atoms in total. The van der Waals surface area contributed by atoms with E-state index in [1.807, 2.05) is 45.0 Å². The molecule has 0 spiro atoms. The third kappa shape index (κ3) is 5.11. The molecule has 0 saturated carbocycles. The molecule has 1 aliphatic rings. The molecule has 0 saturated heterocycles. The fourth-order valence-corrected chi connectivity index (χ4v) is 3.68. The highest BCUT2D eigenvalue weighted by atomic mass is 16.5. The molecule has 3 rings (SSSR count). The van der Waals surface area contributed by atoms with Crippen molar-refractivity contribution >= 4 is 5.91 Å². The first kappa shape index (κ1) is 21.2. The van der Waals surface area contributed by atoms with Gasteiger partial charge in [0.05, 0.1) is 6.04 Å². The molecule has 0 fully saturated rings. The van der Waals surface area contributed by atoms with Gasteiger partial charge in [0, 0.05) is 12.0 Å². The van der Waals surface area contributed by atoms with Crippen molar-refractivity contribution in [1.82, 2.24) is 5.32 Å². The van der Waals surface area contributed by atoms with Gasteiger partial charge in [-0.15, -0.1) is 0 Å². The molecule has 156 valence electrons. The Morgan fingerprint density at radius 3 is 2.45 bits per heavy atom. The van der Waals surface area contributed by atoms with E-state index in [1.54, 1.807) is 6.92 Å². The maximum atomic E-state index is 12.9. The van der Waals surface area contributed by atoms with Crippen LogP contribution in [0.25, 0.3) is 0 Å². The molecule has 29 heavy (non-hydrogen) atoms. The number of ether oxygens (including phenoxy) is 2. The van der Waals surface area contributed by atoms with Gasteiger partial charge in [-0.3, -0.25) is 4.79 Å². The standard InChI is InChI=1S/C25H33NO3/c1-16-8-13-22-20(14-16)21(15-25(6,7)29-22)26-23(27)17(2)28-19-11-9-18(10-12-19)24(3,4)5/h8-14,17,21H,15H2,1-7H3,(H,26,27)/t17-,21-/m1/s1. The van der Waals surface area contributed by atoms with Crippen molar-refractivity contribution in [3.05, 3.63) is 59.2 Å². The quantitative estimate of drug-likeness (QED) is 0.746. The summed E-state index contributed by atoms with van der Waals surface area (Å²) in [4.78, 5) is 12.9. The van der Waals surface area contributed by atoms with Crippen LogP contribution in [0, 0.1) is 6.92 Å². The summed E-state index contributed by atoms with van der Waals surface area (Å²) < 4.78 is 12.0. The summed E-state index contributed by atoms with van der Waals surface area (Å²) in [5.74, 6) is 1.41. The van der Waals surface area contributed by atoms with Crippen LogP contribution in [0.4, 0.5) is 0 Å². The lowest BCUT2D eigenvalue weighted by molar-refractivity contribution is -0.128. The van der Waals surface area contributed by atoms with E-state index >= 15 is 0 Å². The maximum absolute atomic E-state index is 12.9. The summed E-state index contributed by atoms with van der Waals surface area (Å²) in [6.07, 6.45) is 0.122. The topological polar surface area (TPSA) is 47.6 Å². The zero-order valence-corrected chi connectivity index (χ0v) is 18.6. The largest absolute Gasteiger partial charge is 0.487 e. The lowest BCUT2D eigenvalue weighted by atomic mass is 9.87. The number of carbonyl (C=O) groups excluding carboxylic acids is 1. The van der Waals surface area contributed by atoms with E-state index in [0.29, 0.717) is 12.2 Å². The van der Waals surface area contributed by atoms with Gasteiger partial charge in [-0.25, -0.2) is 0 Å². The third-order valence-corrected chi connectivity index (χ3v) is 5.34. The average molecular weight is 396 g/mol. The second-order valence-corrected chi connectivity index (χ2v) is 9.70. The number of aryl methyl sites for hydroxylation is 1. The minimum absolute atomic E-state index is 0.0862. The van der Waals surface area contributed by atoms with E-state index in [1.165, 1.54) is 5.56 Å². The normalized spacial score (nSPS) is 18.9. The molecule has 2 aromatic rings. The zero-order valence-electron chi connectivity index (χ0n) is 18.6. The minimum Gasteiger partial charge on any atom is -0.487 e. The summed E-state index contributed by atoms with van der Waals surface area (Å²) >= 11 is 0. The van der Waals surface area contributed by atoms with Crippen LogP contribution in [-0.4, -0.2) is 17.6 Å². The Hall–Kier alpha value is -2.49. The predicted octanol–water partition coefficient (Wildman–Crippen LogP) is 5.48. The highest BCUT2D eigenvalue weighted by Crippen LogP contribution is 2.40. The van der Waals surface area contributed by atoms with Crippen LogP contribution in [0.1, 0.15) is 70.7 Å².